The second-order valence-corrected chi connectivity index (χ2v) is 16.0. The number of thiophene rings is 2. The van der Waals surface area contributed by atoms with Crippen LogP contribution in [0.3, 0.4) is 0 Å². The van der Waals surface area contributed by atoms with Crippen LogP contribution in [0.5, 0.6) is 0 Å². The predicted octanol–water partition coefficient (Wildman–Crippen LogP) is 8.51. The molecule has 0 spiro atoms. The Morgan fingerprint density at radius 3 is 1.36 bits per heavy atom. The molecule has 300 valence electrons. The number of aliphatic carboxylic acids is 2. The molecular formula is C42H48O12S2. The van der Waals surface area contributed by atoms with Gasteiger partial charge in [0.15, 0.2) is 6.29 Å². The molecule has 4 rings (SSSR count). The van der Waals surface area contributed by atoms with Crippen molar-refractivity contribution in [2.75, 3.05) is 14.2 Å². The van der Waals surface area contributed by atoms with E-state index in [4.69, 9.17) is 5.11 Å². The molecule has 12 nitrogen and oxygen atoms in total. The number of aldehydes is 1. The van der Waals surface area contributed by atoms with Crippen molar-refractivity contribution in [2.45, 2.75) is 72.6 Å². The fourth-order valence-electron chi connectivity index (χ4n) is 4.33. The molecule has 0 aliphatic heterocycles. The van der Waals surface area contributed by atoms with E-state index in [1.165, 1.54) is 45.0 Å². The Balaban J connectivity index is 0.000000415. The van der Waals surface area contributed by atoms with Crippen molar-refractivity contribution in [3.63, 3.8) is 0 Å². The molecule has 0 aliphatic rings. The number of ether oxygens (including phenoxy) is 3. The Hall–Kier alpha value is -5.73. The average Bonchev–Trinajstić information content (AvgIpc) is 3.80. The number of hydrogen-bond donors (Lipinski definition) is 2. The maximum Gasteiger partial charge on any atom is 0.348 e. The molecular weight excluding hydrogens is 761 g/mol. The number of methoxy groups -OCH3 is 2. The van der Waals surface area contributed by atoms with Crippen LogP contribution in [0.1, 0.15) is 112 Å². The molecule has 0 saturated carbocycles. The molecule has 0 radical (unpaired) electrons. The first-order valence-corrected chi connectivity index (χ1v) is 18.5. The second kappa shape index (κ2) is 22.6. The van der Waals surface area contributed by atoms with Crippen LogP contribution in [-0.4, -0.2) is 66.5 Å². The fraction of sp³-hybridized carbons (Fsp3) is 0.310. The van der Waals surface area contributed by atoms with Crippen LogP contribution in [0.15, 0.2) is 72.8 Å². The van der Waals surface area contributed by atoms with Gasteiger partial charge in [-0.25, -0.2) is 14.4 Å². The van der Waals surface area contributed by atoms with Gasteiger partial charge in [-0.3, -0.25) is 19.2 Å². The van der Waals surface area contributed by atoms with E-state index >= 15 is 0 Å². The number of benzene rings is 2. The van der Waals surface area contributed by atoms with Gasteiger partial charge in [0, 0.05) is 18.7 Å². The first kappa shape index (κ1) is 48.3. The van der Waals surface area contributed by atoms with Crippen molar-refractivity contribution < 1.29 is 58.0 Å². The molecule has 56 heavy (non-hydrogen) atoms. The molecule has 4 aromatic rings. The van der Waals surface area contributed by atoms with Crippen LogP contribution >= 0.6 is 22.7 Å². The van der Waals surface area contributed by atoms with Gasteiger partial charge in [-0.15, -0.1) is 22.7 Å². The lowest BCUT2D eigenvalue weighted by Gasteiger charge is -2.19. The van der Waals surface area contributed by atoms with E-state index in [2.05, 4.69) is 55.8 Å². The monoisotopic (exact) mass is 808 g/mol. The summed E-state index contributed by atoms with van der Waals surface area (Å²) < 4.78 is 13.1. The number of esters is 4. The van der Waals surface area contributed by atoms with E-state index in [9.17, 15) is 38.7 Å². The molecule has 2 heterocycles. The third kappa shape index (κ3) is 17.6. The number of carbonyl (C=O) groups excluding carboxylic acids is 5. The SMILES string of the molecule is CC(=O)OC(C)=O.CC(C)(C)c1ccc(CC(=O)O)cc1.COC(=O)c1ccc(/C=C(/C(=O)O)c2ccc(C(C)(C)C)cc2)s1.COC(=O)c1ccc(C=O)s1. The van der Waals surface area contributed by atoms with Gasteiger partial charge in [0.1, 0.15) is 9.75 Å². The van der Waals surface area contributed by atoms with Crippen molar-refractivity contribution in [3.05, 3.63) is 115 Å². The number of carboxylic acids is 2. The zero-order valence-electron chi connectivity index (χ0n) is 33.1. The third-order valence-electron chi connectivity index (χ3n) is 7.18. The Bertz CT molecular complexity index is 1970. The van der Waals surface area contributed by atoms with Crippen molar-refractivity contribution in [1.82, 2.24) is 0 Å². The van der Waals surface area contributed by atoms with E-state index in [0.29, 0.717) is 31.4 Å². The Morgan fingerprint density at radius 2 is 1.04 bits per heavy atom. The van der Waals surface area contributed by atoms with Crippen molar-refractivity contribution in [2.24, 2.45) is 0 Å². The standard InChI is InChI=1S/C19H20O4S.C12H16O2.C7H6O3S.C4H6O3/c1-19(2,3)13-7-5-12(6-8-13)15(17(20)21)11-14-9-10-16(24-14)18(22)23-4;1-12(2,3)10-6-4-9(5-7-10)8-11(13)14;1-10-7(9)6-3-2-5(4-8)11-6;1-3(5)7-4(2)6/h5-11H,1-4H3,(H,20,21);4-7H,8H2,1-3H3,(H,13,14);2-4H,1H3;1-2H3/b15-11+;;;. The van der Waals surface area contributed by atoms with E-state index < -0.39 is 35.8 Å². The van der Waals surface area contributed by atoms with E-state index in [1.54, 1.807) is 30.3 Å². The van der Waals surface area contributed by atoms with Crippen LogP contribution in [-0.2, 0) is 50.6 Å². The minimum Gasteiger partial charge on any atom is -0.481 e. The quantitative estimate of drug-likeness (QED) is 0.0569. The first-order valence-electron chi connectivity index (χ1n) is 16.9. The van der Waals surface area contributed by atoms with Gasteiger partial charge in [-0.05, 0) is 63.4 Å². The Kier molecular flexibility index (Phi) is 19.5. The van der Waals surface area contributed by atoms with Crippen LogP contribution in [0.2, 0.25) is 0 Å². The minimum absolute atomic E-state index is 0.00873. The molecule has 14 heteroatoms. The highest BCUT2D eigenvalue weighted by Gasteiger charge is 2.17. The maximum absolute atomic E-state index is 11.6. The van der Waals surface area contributed by atoms with Gasteiger partial charge in [0.05, 0.1) is 31.1 Å². The Morgan fingerprint density at radius 1 is 0.625 bits per heavy atom. The lowest BCUT2D eigenvalue weighted by Crippen LogP contribution is -2.11. The summed E-state index contributed by atoms with van der Waals surface area (Å²) in [5.41, 5.74) is 4.17. The highest BCUT2D eigenvalue weighted by Crippen LogP contribution is 2.28. The van der Waals surface area contributed by atoms with Gasteiger partial charge >= 0.3 is 35.8 Å². The average molecular weight is 809 g/mol. The smallest absolute Gasteiger partial charge is 0.348 e. The molecule has 2 aromatic carbocycles. The zero-order chi connectivity index (χ0) is 42.8. The highest BCUT2D eigenvalue weighted by atomic mass is 32.1. The van der Waals surface area contributed by atoms with Gasteiger partial charge < -0.3 is 24.4 Å². The lowest BCUT2D eigenvalue weighted by molar-refractivity contribution is -0.156. The summed E-state index contributed by atoms with van der Waals surface area (Å²) in [5, 5.41) is 18.1. The number of rotatable bonds is 8. The van der Waals surface area contributed by atoms with Gasteiger partial charge in [0.2, 0.25) is 0 Å². The van der Waals surface area contributed by atoms with Crippen LogP contribution in [0.25, 0.3) is 11.6 Å². The van der Waals surface area contributed by atoms with Crippen molar-refractivity contribution in [1.29, 1.82) is 0 Å². The largest absolute Gasteiger partial charge is 0.481 e. The molecule has 2 N–H and O–H groups in total. The first-order chi connectivity index (χ1) is 26.0. The summed E-state index contributed by atoms with van der Waals surface area (Å²) in [5.74, 6) is -3.74. The van der Waals surface area contributed by atoms with Crippen LogP contribution in [0, 0.1) is 0 Å². The van der Waals surface area contributed by atoms with E-state index in [1.807, 2.05) is 48.5 Å². The molecule has 0 unspecified atom stereocenters. The van der Waals surface area contributed by atoms with E-state index in [0.717, 1.165) is 22.5 Å². The molecule has 0 aliphatic carbocycles. The summed E-state index contributed by atoms with van der Waals surface area (Å²) >= 11 is 2.32. The van der Waals surface area contributed by atoms with Gasteiger partial charge in [-0.1, -0.05) is 90.1 Å². The van der Waals surface area contributed by atoms with Crippen molar-refractivity contribution in [3.8, 4) is 0 Å². The summed E-state index contributed by atoms with van der Waals surface area (Å²) in [6.07, 6.45) is 2.38. The van der Waals surface area contributed by atoms with Crippen LogP contribution < -0.4 is 0 Å². The zero-order valence-corrected chi connectivity index (χ0v) is 34.7. The van der Waals surface area contributed by atoms with Gasteiger partial charge in [-0.2, -0.15) is 0 Å². The molecule has 0 bridgehead atoms. The summed E-state index contributed by atoms with van der Waals surface area (Å²) in [6.45, 7) is 15.1. The normalized spacial score (nSPS) is 10.8. The number of hydrogen-bond acceptors (Lipinski definition) is 12. The number of carboxylic acid groups (broad SMARTS) is 2. The fourth-order valence-corrected chi connectivity index (χ4v) is 5.94. The maximum atomic E-state index is 11.6. The molecule has 0 amide bonds. The predicted molar refractivity (Wildman–Crippen MR) is 216 cm³/mol. The lowest BCUT2D eigenvalue weighted by atomic mass is 9.86. The molecule has 0 saturated heterocycles. The molecule has 2 aromatic heterocycles. The number of carbonyl (C=O) groups is 7. The molecule has 0 fully saturated rings. The van der Waals surface area contributed by atoms with Gasteiger partial charge in [0.25, 0.3) is 0 Å². The summed E-state index contributed by atoms with van der Waals surface area (Å²) in [7, 11) is 2.62. The summed E-state index contributed by atoms with van der Waals surface area (Å²) in [4.78, 5) is 76.3. The molecule has 0 atom stereocenters. The van der Waals surface area contributed by atoms with E-state index in [-0.39, 0.29) is 22.8 Å². The van der Waals surface area contributed by atoms with Crippen LogP contribution in [0.4, 0.5) is 0 Å². The summed E-state index contributed by atoms with van der Waals surface area (Å²) in [6, 6.07) is 21.8. The third-order valence-corrected chi connectivity index (χ3v) is 9.19. The topological polar surface area (TPSA) is 188 Å². The minimum atomic E-state index is -1.01. The second-order valence-electron chi connectivity index (χ2n) is 13.8. The Labute approximate surface area is 334 Å². The highest BCUT2D eigenvalue weighted by molar-refractivity contribution is 7.15. The van der Waals surface area contributed by atoms with Crippen molar-refractivity contribution >= 4 is 76.4 Å².